The molecule has 4 nitrogen and oxygen atoms in total. The number of methoxy groups -OCH3 is 1. The van der Waals surface area contributed by atoms with Gasteiger partial charge in [0.05, 0.1) is 10.6 Å². The number of hydrogen-bond donors (Lipinski definition) is 0. The standard InChI is InChI=1S/C9H12BrN3O/c1-14-8-2-3-13(6-8)9-11-4-7(10)5-12-9/h4-5,8H,2-3,6H2,1H3/t8-/m0/s1. The summed E-state index contributed by atoms with van der Waals surface area (Å²) in [5, 5.41) is 0. The first-order valence-electron chi connectivity index (χ1n) is 4.55. The first-order chi connectivity index (χ1) is 6.79. The van der Waals surface area contributed by atoms with Gasteiger partial charge in [0, 0.05) is 32.6 Å². The summed E-state index contributed by atoms with van der Waals surface area (Å²) < 4.78 is 6.19. The maximum atomic E-state index is 5.28. The van der Waals surface area contributed by atoms with Crippen LogP contribution in [0.5, 0.6) is 0 Å². The van der Waals surface area contributed by atoms with Crippen molar-refractivity contribution in [3.8, 4) is 0 Å². The summed E-state index contributed by atoms with van der Waals surface area (Å²) >= 11 is 3.31. The predicted octanol–water partition coefficient (Wildman–Crippen LogP) is 1.46. The van der Waals surface area contributed by atoms with Crippen LogP contribution >= 0.6 is 15.9 Å². The van der Waals surface area contributed by atoms with Gasteiger partial charge in [0.2, 0.25) is 5.95 Å². The van der Waals surface area contributed by atoms with Crippen molar-refractivity contribution in [3.63, 3.8) is 0 Å². The number of rotatable bonds is 2. The van der Waals surface area contributed by atoms with Crippen LogP contribution in [0.4, 0.5) is 5.95 Å². The van der Waals surface area contributed by atoms with Gasteiger partial charge in [0.15, 0.2) is 0 Å². The molecule has 1 aromatic heterocycles. The number of anilines is 1. The Balaban J connectivity index is 2.06. The Kier molecular flexibility index (Phi) is 2.98. The highest BCUT2D eigenvalue weighted by atomic mass is 79.9. The fraction of sp³-hybridized carbons (Fsp3) is 0.556. The number of halogens is 1. The monoisotopic (exact) mass is 257 g/mol. The molecule has 2 rings (SSSR count). The average Bonchev–Trinajstić information content (AvgIpc) is 2.67. The zero-order valence-corrected chi connectivity index (χ0v) is 9.57. The van der Waals surface area contributed by atoms with Crippen molar-refractivity contribution in [2.75, 3.05) is 25.1 Å². The van der Waals surface area contributed by atoms with Crippen LogP contribution in [-0.4, -0.2) is 36.3 Å². The first-order valence-corrected chi connectivity index (χ1v) is 5.34. The van der Waals surface area contributed by atoms with Gasteiger partial charge in [-0.3, -0.25) is 0 Å². The van der Waals surface area contributed by atoms with Crippen molar-refractivity contribution in [2.24, 2.45) is 0 Å². The molecule has 0 bridgehead atoms. The summed E-state index contributed by atoms with van der Waals surface area (Å²) in [6.07, 6.45) is 4.91. The molecule has 1 saturated heterocycles. The third-order valence-corrected chi connectivity index (χ3v) is 2.78. The van der Waals surface area contributed by atoms with E-state index in [0.29, 0.717) is 6.10 Å². The van der Waals surface area contributed by atoms with Crippen molar-refractivity contribution in [1.29, 1.82) is 0 Å². The van der Waals surface area contributed by atoms with Crippen LogP contribution in [0, 0.1) is 0 Å². The van der Waals surface area contributed by atoms with Crippen LogP contribution in [0.25, 0.3) is 0 Å². The molecular weight excluding hydrogens is 246 g/mol. The minimum absolute atomic E-state index is 0.322. The minimum Gasteiger partial charge on any atom is -0.380 e. The summed E-state index contributed by atoms with van der Waals surface area (Å²) in [5.74, 6) is 0.785. The van der Waals surface area contributed by atoms with E-state index < -0.39 is 0 Å². The zero-order chi connectivity index (χ0) is 9.97. The van der Waals surface area contributed by atoms with E-state index in [1.807, 2.05) is 0 Å². The van der Waals surface area contributed by atoms with Crippen molar-refractivity contribution < 1.29 is 4.74 Å². The fourth-order valence-electron chi connectivity index (χ4n) is 1.57. The molecule has 2 heterocycles. The van der Waals surface area contributed by atoms with Gasteiger partial charge >= 0.3 is 0 Å². The SMILES string of the molecule is CO[C@H]1CCN(c2ncc(Br)cn2)C1. The van der Waals surface area contributed by atoms with E-state index in [-0.39, 0.29) is 0 Å². The Labute approximate surface area is 91.4 Å². The van der Waals surface area contributed by atoms with Gasteiger partial charge in [-0.25, -0.2) is 9.97 Å². The fourth-order valence-corrected chi connectivity index (χ4v) is 1.78. The third-order valence-electron chi connectivity index (χ3n) is 2.37. The van der Waals surface area contributed by atoms with Crippen molar-refractivity contribution >= 4 is 21.9 Å². The molecule has 0 saturated carbocycles. The molecule has 0 unspecified atom stereocenters. The molecule has 76 valence electrons. The van der Waals surface area contributed by atoms with Gasteiger partial charge in [-0.05, 0) is 22.4 Å². The molecule has 1 atom stereocenters. The van der Waals surface area contributed by atoms with Crippen LogP contribution in [0.2, 0.25) is 0 Å². The predicted molar refractivity (Wildman–Crippen MR) is 57.4 cm³/mol. The van der Waals surface area contributed by atoms with Crippen LogP contribution in [-0.2, 0) is 4.74 Å². The first kappa shape index (κ1) is 9.86. The van der Waals surface area contributed by atoms with Crippen LogP contribution < -0.4 is 4.90 Å². The molecule has 0 aromatic carbocycles. The van der Waals surface area contributed by atoms with E-state index in [0.717, 1.165) is 29.9 Å². The Morgan fingerprint density at radius 1 is 1.50 bits per heavy atom. The lowest BCUT2D eigenvalue weighted by Crippen LogP contribution is -2.23. The highest BCUT2D eigenvalue weighted by Crippen LogP contribution is 2.18. The second-order valence-corrected chi connectivity index (χ2v) is 4.21. The Morgan fingerprint density at radius 3 is 2.79 bits per heavy atom. The quantitative estimate of drug-likeness (QED) is 0.805. The van der Waals surface area contributed by atoms with Gasteiger partial charge in [0.25, 0.3) is 0 Å². The van der Waals surface area contributed by atoms with Crippen molar-refractivity contribution in [3.05, 3.63) is 16.9 Å². The zero-order valence-electron chi connectivity index (χ0n) is 7.98. The topological polar surface area (TPSA) is 38.2 Å². The molecule has 0 amide bonds. The van der Waals surface area contributed by atoms with Gasteiger partial charge in [-0.15, -0.1) is 0 Å². The van der Waals surface area contributed by atoms with E-state index in [1.54, 1.807) is 19.5 Å². The van der Waals surface area contributed by atoms with Crippen molar-refractivity contribution in [1.82, 2.24) is 9.97 Å². The van der Waals surface area contributed by atoms with Crippen LogP contribution in [0.15, 0.2) is 16.9 Å². The number of hydrogen-bond acceptors (Lipinski definition) is 4. The van der Waals surface area contributed by atoms with Crippen molar-refractivity contribution in [2.45, 2.75) is 12.5 Å². The van der Waals surface area contributed by atoms with Crippen LogP contribution in [0.3, 0.4) is 0 Å². The van der Waals surface area contributed by atoms with E-state index >= 15 is 0 Å². The highest BCUT2D eigenvalue weighted by molar-refractivity contribution is 9.10. The Hall–Kier alpha value is -0.680. The molecule has 14 heavy (non-hydrogen) atoms. The van der Waals surface area contributed by atoms with E-state index in [2.05, 4.69) is 30.8 Å². The van der Waals surface area contributed by atoms with Gasteiger partial charge in [0.1, 0.15) is 0 Å². The van der Waals surface area contributed by atoms with Gasteiger partial charge < -0.3 is 9.64 Å². The molecule has 5 heteroatoms. The van der Waals surface area contributed by atoms with Crippen LogP contribution in [0.1, 0.15) is 6.42 Å². The lowest BCUT2D eigenvalue weighted by Gasteiger charge is -2.15. The summed E-state index contributed by atoms with van der Waals surface area (Å²) in [4.78, 5) is 10.6. The number of nitrogens with zero attached hydrogens (tertiary/aromatic N) is 3. The Bertz CT molecular complexity index is 303. The summed E-state index contributed by atoms with van der Waals surface area (Å²) in [5.41, 5.74) is 0. The van der Waals surface area contributed by atoms with Gasteiger partial charge in [-0.1, -0.05) is 0 Å². The largest absolute Gasteiger partial charge is 0.380 e. The summed E-state index contributed by atoms with van der Waals surface area (Å²) in [6, 6.07) is 0. The molecule has 0 radical (unpaired) electrons. The lowest BCUT2D eigenvalue weighted by atomic mass is 10.3. The normalized spacial score (nSPS) is 21.6. The maximum absolute atomic E-state index is 5.28. The molecule has 1 aliphatic heterocycles. The van der Waals surface area contributed by atoms with E-state index in [9.17, 15) is 0 Å². The third kappa shape index (κ3) is 2.04. The average molecular weight is 258 g/mol. The summed E-state index contributed by atoms with van der Waals surface area (Å²) in [6.45, 7) is 1.86. The van der Waals surface area contributed by atoms with E-state index in [4.69, 9.17) is 4.74 Å². The maximum Gasteiger partial charge on any atom is 0.225 e. The number of ether oxygens (including phenoxy) is 1. The van der Waals surface area contributed by atoms with E-state index in [1.165, 1.54) is 0 Å². The molecular formula is C9H12BrN3O. The van der Waals surface area contributed by atoms with Gasteiger partial charge in [-0.2, -0.15) is 0 Å². The molecule has 1 aromatic rings. The molecule has 0 aliphatic carbocycles. The molecule has 0 N–H and O–H groups in total. The molecule has 0 spiro atoms. The second-order valence-electron chi connectivity index (χ2n) is 3.29. The Morgan fingerprint density at radius 2 is 2.21 bits per heavy atom. The highest BCUT2D eigenvalue weighted by Gasteiger charge is 2.23. The minimum atomic E-state index is 0.322. The molecule has 1 aliphatic rings. The summed E-state index contributed by atoms with van der Waals surface area (Å²) in [7, 11) is 1.75. The second kappa shape index (κ2) is 4.23. The number of aromatic nitrogens is 2. The lowest BCUT2D eigenvalue weighted by molar-refractivity contribution is 0.121. The molecule has 1 fully saturated rings. The smallest absolute Gasteiger partial charge is 0.225 e.